The zero-order chi connectivity index (χ0) is 27.3. The topological polar surface area (TPSA) is 103 Å². The van der Waals surface area contributed by atoms with Crippen molar-refractivity contribution in [3.8, 4) is 17.1 Å². The number of benzene rings is 1. The van der Waals surface area contributed by atoms with Gasteiger partial charge in [0.1, 0.15) is 23.5 Å². The number of anilines is 1. The minimum atomic E-state index is 0.625. The number of nitrogens with one attached hydrogen (secondary N) is 3. The van der Waals surface area contributed by atoms with Gasteiger partial charge in [0.05, 0.1) is 24.2 Å². The molecule has 9 nitrogen and oxygen atoms in total. The van der Waals surface area contributed by atoms with Crippen LogP contribution in [0.4, 0.5) is 5.82 Å². The molecule has 0 unspecified atom stereocenters. The standard InChI is InChI=1S/C31H36N8O/c1-33-18-25(16-32)24-4-2-22(3-5-24)17-34-30-15-28(36-21-37-30)29-19-35-31-14-27(10-13-39(29)31)40-20-23-8-11-38(12-9-23)26-6-7-26/h2-5,10,13-16,18-19,21,23,26,32-33H,6-9,11-12,17,20H2,1H3,(H,34,36,37)/b25-18+,32-16?. The molecule has 0 radical (unpaired) electrons. The van der Waals surface area contributed by atoms with Crippen molar-refractivity contribution >= 4 is 23.3 Å². The molecule has 0 atom stereocenters. The summed E-state index contributed by atoms with van der Waals surface area (Å²) in [6.45, 7) is 3.82. The molecule has 3 aromatic heterocycles. The van der Waals surface area contributed by atoms with E-state index in [1.807, 2.05) is 60.4 Å². The van der Waals surface area contributed by atoms with Crippen molar-refractivity contribution in [2.24, 2.45) is 5.92 Å². The van der Waals surface area contributed by atoms with Crippen LogP contribution in [0.15, 0.2) is 67.4 Å². The van der Waals surface area contributed by atoms with Crippen molar-refractivity contribution in [1.82, 2.24) is 29.6 Å². The van der Waals surface area contributed by atoms with E-state index in [1.165, 1.54) is 45.0 Å². The van der Waals surface area contributed by atoms with Crippen molar-refractivity contribution in [1.29, 1.82) is 5.41 Å². The number of ether oxygens (including phenoxy) is 1. The van der Waals surface area contributed by atoms with Crippen LogP contribution >= 0.6 is 0 Å². The summed E-state index contributed by atoms with van der Waals surface area (Å²) in [5, 5.41) is 14.0. The minimum absolute atomic E-state index is 0.625. The zero-order valence-electron chi connectivity index (χ0n) is 22.9. The first-order valence-electron chi connectivity index (χ1n) is 14.1. The van der Waals surface area contributed by atoms with Crippen LogP contribution in [0.3, 0.4) is 0 Å². The van der Waals surface area contributed by atoms with E-state index in [9.17, 15) is 0 Å². The van der Waals surface area contributed by atoms with Crippen LogP contribution in [0, 0.1) is 11.3 Å². The number of allylic oxidation sites excluding steroid dienone is 1. The van der Waals surface area contributed by atoms with Crippen LogP contribution in [0.5, 0.6) is 5.75 Å². The number of hydrogen-bond acceptors (Lipinski definition) is 8. The molecule has 0 spiro atoms. The van der Waals surface area contributed by atoms with Crippen molar-refractivity contribution in [3.05, 3.63) is 78.5 Å². The van der Waals surface area contributed by atoms with Gasteiger partial charge in [-0.25, -0.2) is 15.0 Å². The predicted octanol–water partition coefficient (Wildman–Crippen LogP) is 4.87. The van der Waals surface area contributed by atoms with Gasteiger partial charge in [-0.2, -0.15) is 0 Å². The lowest BCUT2D eigenvalue weighted by atomic mass is 9.98. The van der Waals surface area contributed by atoms with Gasteiger partial charge >= 0.3 is 0 Å². The highest BCUT2D eigenvalue weighted by atomic mass is 16.5. The molecule has 1 saturated carbocycles. The van der Waals surface area contributed by atoms with Crippen LogP contribution in [0.25, 0.3) is 22.6 Å². The predicted molar refractivity (Wildman–Crippen MR) is 159 cm³/mol. The van der Waals surface area contributed by atoms with Gasteiger partial charge in [0, 0.05) is 56.0 Å². The van der Waals surface area contributed by atoms with E-state index in [0.717, 1.165) is 58.0 Å². The van der Waals surface area contributed by atoms with E-state index < -0.39 is 0 Å². The van der Waals surface area contributed by atoms with Crippen LogP contribution in [-0.2, 0) is 6.54 Å². The summed E-state index contributed by atoms with van der Waals surface area (Å²) in [5.74, 6) is 2.23. The second kappa shape index (κ2) is 11.9. The molecule has 1 aromatic carbocycles. The number of likely N-dealkylation sites (tertiary alicyclic amines) is 1. The maximum Gasteiger partial charge on any atom is 0.140 e. The largest absolute Gasteiger partial charge is 0.493 e. The Morgan fingerprint density at radius 2 is 1.88 bits per heavy atom. The summed E-state index contributed by atoms with van der Waals surface area (Å²) in [4.78, 5) is 16.2. The first kappa shape index (κ1) is 26.0. The normalized spacial score (nSPS) is 16.7. The molecule has 0 bridgehead atoms. The van der Waals surface area contributed by atoms with E-state index in [1.54, 1.807) is 6.33 Å². The first-order valence-corrected chi connectivity index (χ1v) is 14.1. The molecule has 1 aliphatic carbocycles. The summed E-state index contributed by atoms with van der Waals surface area (Å²) in [6, 6.07) is 15.0. The smallest absolute Gasteiger partial charge is 0.140 e. The van der Waals surface area contributed by atoms with Crippen LogP contribution in [0.1, 0.15) is 36.8 Å². The number of hydrogen-bond donors (Lipinski definition) is 3. The van der Waals surface area contributed by atoms with Gasteiger partial charge < -0.3 is 25.7 Å². The molecule has 3 N–H and O–H groups in total. The molecule has 9 heteroatoms. The van der Waals surface area contributed by atoms with Gasteiger partial charge in [0.15, 0.2) is 0 Å². The highest BCUT2D eigenvalue weighted by molar-refractivity contribution is 6.08. The molecule has 206 valence electrons. The van der Waals surface area contributed by atoms with Gasteiger partial charge in [0.2, 0.25) is 0 Å². The second-order valence-electron chi connectivity index (χ2n) is 10.6. The number of pyridine rings is 1. The van der Waals surface area contributed by atoms with E-state index in [2.05, 4.69) is 42.6 Å². The number of piperidine rings is 1. The summed E-state index contributed by atoms with van der Waals surface area (Å²) >= 11 is 0. The van der Waals surface area contributed by atoms with Crippen molar-refractivity contribution in [2.45, 2.75) is 38.3 Å². The average molecular weight is 537 g/mol. The third kappa shape index (κ3) is 5.99. The van der Waals surface area contributed by atoms with E-state index >= 15 is 0 Å². The van der Waals surface area contributed by atoms with Crippen LogP contribution in [0.2, 0.25) is 0 Å². The van der Waals surface area contributed by atoms with Gasteiger partial charge in [-0.3, -0.25) is 4.40 Å². The maximum atomic E-state index is 7.59. The third-order valence-electron chi connectivity index (χ3n) is 7.83. The lowest BCUT2D eigenvalue weighted by Gasteiger charge is -2.31. The van der Waals surface area contributed by atoms with E-state index in [4.69, 9.17) is 10.1 Å². The minimum Gasteiger partial charge on any atom is -0.493 e. The lowest BCUT2D eigenvalue weighted by molar-refractivity contribution is 0.136. The molecule has 0 amide bonds. The summed E-state index contributed by atoms with van der Waals surface area (Å²) in [5.41, 5.74) is 5.48. The molecule has 4 heterocycles. The average Bonchev–Trinajstić information content (AvgIpc) is 3.77. The Balaban J connectivity index is 1.07. The molecule has 2 aliphatic rings. The molecule has 4 aromatic rings. The molecule has 1 saturated heterocycles. The van der Waals surface area contributed by atoms with Crippen molar-refractivity contribution < 1.29 is 4.74 Å². The Morgan fingerprint density at radius 1 is 1.05 bits per heavy atom. The molecular formula is C31H36N8O. The monoisotopic (exact) mass is 536 g/mol. The van der Waals surface area contributed by atoms with Gasteiger partial charge in [0.25, 0.3) is 0 Å². The fourth-order valence-electron chi connectivity index (χ4n) is 5.35. The third-order valence-corrected chi connectivity index (χ3v) is 7.83. The summed E-state index contributed by atoms with van der Waals surface area (Å²) < 4.78 is 8.22. The van der Waals surface area contributed by atoms with Crippen molar-refractivity contribution in [3.63, 3.8) is 0 Å². The molecule has 6 rings (SSSR count). The highest BCUT2D eigenvalue weighted by Crippen LogP contribution is 2.31. The maximum absolute atomic E-state index is 7.59. The number of aromatic nitrogens is 4. The fourth-order valence-corrected chi connectivity index (χ4v) is 5.35. The highest BCUT2D eigenvalue weighted by Gasteiger charge is 2.31. The molecule has 2 fully saturated rings. The Kier molecular flexibility index (Phi) is 7.72. The zero-order valence-corrected chi connectivity index (χ0v) is 22.9. The van der Waals surface area contributed by atoms with Gasteiger partial charge in [-0.15, -0.1) is 0 Å². The first-order chi connectivity index (χ1) is 19.7. The number of rotatable bonds is 11. The number of fused-ring (bicyclic) bond motifs is 1. The van der Waals surface area contributed by atoms with E-state index in [-0.39, 0.29) is 0 Å². The number of nitrogens with zero attached hydrogens (tertiary/aromatic N) is 5. The quantitative estimate of drug-likeness (QED) is 0.235. The Hall–Kier alpha value is -4.24. The SMILES string of the molecule is CN/C=C(\C=N)c1ccc(CNc2cc(-c3cnc4cc(OCC5CCN(C6CC6)CC5)ccn34)ncn2)cc1. The molecular weight excluding hydrogens is 500 g/mol. The summed E-state index contributed by atoms with van der Waals surface area (Å²) in [7, 11) is 1.83. The van der Waals surface area contributed by atoms with E-state index in [0.29, 0.717) is 12.5 Å². The Bertz CT molecular complexity index is 1480. The molecule has 40 heavy (non-hydrogen) atoms. The lowest BCUT2D eigenvalue weighted by Crippen LogP contribution is -2.36. The van der Waals surface area contributed by atoms with Gasteiger partial charge in [-0.1, -0.05) is 24.3 Å². The summed E-state index contributed by atoms with van der Waals surface area (Å²) in [6.07, 6.45) is 13.8. The molecule has 1 aliphatic heterocycles. The Morgan fingerprint density at radius 3 is 2.62 bits per heavy atom. The second-order valence-corrected chi connectivity index (χ2v) is 10.6. The van der Waals surface area contributed by atoms with Crippen molar-refractivity contribution in [2.75, 3.05) is 32.1 Å². The number of imidazole rings is 1. The van der Waals surface area contributed by atoms with Gasteiger partial charge in [-0.05, 0) is 61.9 Å². The fraction of sp³-hybridized carbons (Fsp3) is 0.355. The van der Waals surface area contributed by atoms with Crippen LogP contribution in [-0.4, -0.2) is 63.3 Å². The van der Waals surface area contributed by atoms with Crippen LogP contribution < -0.4 is 15.4 Å². The Labute approximate surface area is 234 Å².